The second kappa shape index (κ2) is 17.5. The van der Waals surface area contributed by atoms with Crippen LogP contribution in [0.1, 0.15) is 57.4 Å². The van der Waals surface area contributed by atoms with Crippen LogP contribution in [-0.4, -0.2) is 88.8 Å². The lowest BCUT2D eigenvalue weighted by molar-refractivity contribution is -0.146. The number of fused-ring (bicyclic) bond motifs is 1. The predicted octanol–water partition coefficient (Wildman–Crippen LogP) is 0.0363. The van der Waals surface area contributed by atoms with Gasteiger partial charge in [0, 0.05) is 32.9 Å². The third-order valence-electron chi connectivity index (χ3n) is 7.93. The minimum atomic E-state index is -1.17. The number of hydrogen-bond acceptors (Lipinski definition) is 7. The van der Waals surface area contributed by atoms with E-state index in [0.29, 0.717) is 12.8 Å². The van der Waals surface area contributed by atoms with Crippen molar-refractivity contribution in [3.05, 3.63) is 48.0 Å². The van der Waals surface area contributed by atoms with Crippen LogP contribution in [0, 0.1) is 0 Å². The molecule has 3 unspecified atom stereocenters. The number of primary amides is 2. The van der Waals surface area contributed by atoms with Crippen LogP contribution in [0.4, 0.5) is 4.79 Å². The number of rotatable bonds is 16. The van der Waals surface area contributed by atoms with Crippen LogP contribution in [-0.2, 0) is 35.2 Å². The first-order chi connectivity index (χ1) is 22.3. The van der Waals surface area contributed by atoms with E-state index in [4.69, 9.17) is 16.6 Å². The molecule has 0 radical (unpaired) electrons. The number of urea groups is 1. The molecule has 0 saturated carbocycles. The van der Waals surface area contributed by atoms with Crippen LogP contribution in [0.3, 0.4) is 0 Å². The second-order valence-corrected chi connectivity index (χ2v) is 11.6. The van der Waals surface area contributed by atoms with Crippen LogP contribution in [0.15, 0.2) is 42.5 Å². The summed E-state index contributed by atoms with van der Waals surface area (Å²) in [6.07, 6.45) is 1.40. The molecule has 0 aromatic heterocycles. The largest absolute Gasteiger partial charge is 0.481 e. The second-order valence-electron chi connectivity index (χ2n) is 11.6. The summed E-state index contributed by atoms with van der Waals surface area (Å²) in [6, 6.07) is 8.09. The molecule has 9 N–H and O–H groups in total. The minimum Gasteiger partial charge on any atom is -0.481 e. The number of piperidine rings is 1. The summed E-state index contributed by atoms with van der Waals surface area (Å²) in [5.41, 5.74) is 11.4. The lowest BCUT2D eigenvalue weighted by Crippen LogP contribution is -2.60. The number of aliphatic carboxylic acids is 1. The number of hydrogen-bond donors (Lipinski definition) is 7. The quantitative estimate of drug-likeness (QED) is 0.122. The van der Waals surface area contributed by atoms with Gasteiger partial charge in [0.1, 0.15) is 24.2 Å². The Morgan fingerprint density at radius 2 is 1.62 bits per heavy atom. The molecule has 2 aromatic carbocycles. The molecular weight excluding hydrogens is 610 g/mol. The maximum atomic E-state index is 13.8. The van der Waals surface area contributed by atoms with Gasteiger partial charge in [-0.15, -0.1) is 0 Å². The van der Waals surface area contributed by atoms with Crippen molar-refractivity contribution in [1.29, 1.82) is 0 Å². The summed E-state index contributed by atoms with van der Waals surface area (Å²) in [7, 11) is 0. The number of carbonyl (C=O) groups excluding carboxylic acids is 6. The number of amides is 7. The first-order valence-electron chi connectivity index (χ1n) is 15.6. The standard InChI is InChI=1S/C32H43N7O8/c1-19(40)36-24(13-14-27(41)42)31(46)39-16-5-4-10-26(39)30(45)38-25(18-20-11-12-21-7-2-3-8-22(21)17-20)29(44)37-23(28(33)43)9-6-15-35-32(34)47/h2-3,7-8,11-12,17,23-26H,4-6,9-10,13-16,18H2,1H3,(H2,33,43)(H,36,40)(H,37,44)(H,38,45)(H,41,42)(H3,34,35,47)/t23?,24?,25?,26-/m0/s1. The Hall–Kier alpha value is -5.21. The maximum Gasteiger partial charge on any atom is 0.312 e. The number of likely N-dealkylation sites (tertiary alicyclic amines) is 1. The fourth-order valence-electron chi connectivity index (χ4n) is 5.59. The molecule has 1 saturated heterocycles. The molecular formula is C32H43N7O8. The van der Waals surface area contributed by atoms with E-state index in [0.717, 1.165) is 16.3 Å². The molecule has 4 atom stereocenters. The van der Waals surface area contributed by atoms with Gasteiger partial charge in [-0.05, 0) is 54.9 Å². The van der Waals surface area contributed by atoms with Crippen LogP contribution in [0.2, 0.25) is 0 Å². The molecule has 1 aliphatic heterocycles. The number of nitrogens with zero attached hydrogens (tertiary/aromatic N) is 1. The molecule has 0 bridgehead atoms. The topological polar surface area (TPSA) is 243 Å². The minimum absolute atomic E-state index is 0.0465. The number of benzene rings is 2. The molecule has 1 aliphatic rings. The van der Waals surface area contributed by atoms with Gasteiger partial charge in [-0.25, -0.2) is 4.79 Å². The fraction of sp³-hybridized carbons (Fsp3) is 0.469. The van der Waals surface area contributed by atoms with Crippen LogP contribution >= 0.6 is 0 Å². The zero-order chi connectivity index (χ0) is 34.5. The van der Waals surface area contributed by atoms with E-state index >= 15 is 0 Å². The Morgan fingerprint density at radius 3 is 2.28 bits per heavy atom. The van der Waals surface area contributed by atoms with Gasteiger partial charge in [-0.3, -0.25) is 28.8 Å². The molecule has 1 fully saturated rings. The molecule has 15 heteroatoms. The van der Waals surface area contributed by atoms with Gasteiger partial charge in [0.15, 0.2) is 0 Å². The van der Waals surface area contributed by atoms with Crippen LogP contribution in [0.5, 0.6) is 0 Å². The SMILES string of the molecule is CC(=O)NC(CCC(=O)O)C(=O)N1CCCC[C@H]1C(=O)NC(Cc1ccc2ccccc2c1)C(=O)NC(CCCNC(N)=O)C(N)=O. The number of carboxylic acid groups (broad SMARTS) is 1. The number of nitrogens with one attached hydrogen (secondary N) is 4. The van der Waals surface area contributed by atoms with Gasteiger partial charge in [0.25, 0.3) is 0 Å². The zero-order valence-corrected chi connectivity index (χ0v) is 26.3. The van der Waals surface area contributed by atoms with Crippen molar-refractivity contribution in [1.82, 2.24) is 26.2 Å². The third kappa shape index (κ3) is 11.3. The molecule has 47 heavy (non-hydrogen) atoms. The molecule has 7 amide bonds. The molecule has 1 heterocycles. The monoisotopic (exact) mass is 653 g/mol. The fourth-order valence-corrected chi connectivity index (χ4v) is 5.59. The summed E-state index contributed by atoms with van der Waals surface area (Å²) >= 11 is 0. The molecule has 15 nitrogen and oxygen atoms in total. The molecule has 254 valence electrons. The third-order valence-corrected chi connectivity index (χ3v) is 7.93. The van der Waals surface area contributed by atoms with Crippen molar-refractivity contribution in [2.24, 2.45) is 11.5 Å². The van der Waals surface area contributed by atoms with Crippen molar-refractivity contribution in [2.45, 2.75) is 82.5 Å². The van der Waals surface area contributed by atoms with E-state index < -0.39 is 65.7 Å². The molecule has 3 rings (SSSR count). The number of nitrogens with two attached hydrogens (primary N) is 2. The van der Waals surface area contributed by atoms with E-state index in [1.165, 1.54) is 11.8 Å². The summed E-state index contributed by atoms with van der Waals surface area (Å²) < 4.78 is 0. The van der Waals surface area contributed by atoms with Gasteiger partial charge in [0.2, 0.25) is 29.5 Å². The number of carboxylic acids is 1. The van der Waals surface area contributed by atoms with E-state index in [1.807, 2.05) is 42.5 Å². The van der Waals surface area contributed by atoms with E-state index in [2.05, 4.69) is 21.3 Å². The lowest BCUT2D eigenvalue weighted by atomic mass is 9.97. The first-order valence-corrected chi connectivity index (χ1v) is 15.6. The Kier molecular flexibility index (Phi) is 13.5. The Bertz CT molecular complexity index is 1480. The Balaban J connectivity index is 1.85. The summed E-state index contributed by atoms with van der Waals surface area (Å²) in [4.78, 5) is 88.6. The summed E-state index contributed by atoms with van der Waals surface area (Å²) in [5, 5.41) is 21.3. The smallest absolute Gasteiger partial charge is 0.312 e. The zero-order valence-electron chi connectivity index (χ0n) is 26.3. The maximum absolute atomic E-state index is 13.8. The van der Waals surface area contributed by atoms with Gasteiger partial charge < -0.3 is 42.7 Å². The Morgan fingerprint density at radius 1 is 0.894 bits per heavy atom. The van der Waals surface area contributed by atoms with Crippen molar-refractivity contribution in [3.8, 4) is 0 Å². The lowest BCUT2D eigenvalue weighted by Gasteiger charge is -2.37. The Labute approximate surface area is 272 Å². The van der Waals surface area contributed by atoms with Gasteiger partial charge in [-0.2, -0.15) is 0 Å². The highest BCUT2D eigenvalue weighted by molar-refractivity contribution is 5.96. The van der Waals surface area contributed by atoms with E-state index in [9.17, 15) is 33.6 Å². The predicted molar refractivity (Wildman–Crippen MR) is 171 cm³/mol. The van der Waals surface area contributed by atoms with Gasteiger partial charge >= 0.3 is 12.0 Å². The van der Waals surface area contributed by atoms with Gasteiger partial charge in [-0.1, -0.05) is 42.5 Å². The van der Waals surface area contributed by atoms with E-state index in [-0.39, 0.29) is 51.6 Å². The highest BCUT2D eigenvalue weighted by Gasteiger charge is 2.37. The average molecular weight is 654 g/mol. The van der Waals surface area contributed by atoms with Crippen molar-refractivity contribution in [2.75, 3.05) is 13.1 Å². The highest BCUT2D eigenvalue weighted by Crippen LogP contribution is 2.21. The van der Waals surface area contributed by atoms with Crippen molar-refractivity contribution in [3.63, 3.8) is 0 Å². The molecule has 2 aromatic rings. The average Bonchev–Trinajstić information content (AvgIpc) is 3.03. The molecule has 0 spiro atoms. The van der Waals surface area contributed by atoms with Gasteiger partial charge in [0.05, 0.1) is 0 Å². The molecule has 0 aliphatic carbocycles. The van der Waals surface area contributed by atoms with E-state index in [1.54, 1.807) is 0 Å². The normalized spacial score (nSPS) is 16.3. The number of carbonyl (C=O) groups is 7. The summed E-state index contributed by atoms with van der Waals surface area (Å²) in [5.74, 6) is -4.34. The summed E-state index contributed by atoms with van der Waals surface area (Å²) in [6.45, 7) is 1.57. The van der Waals surface area contributed by atoms with Crippen LogP contribution in [0.25, 0.3) is 10.8 Å². The van der Waals surface area contributed by atoms with Crippen molar-refractivity contribution < 1.29 is 38.7 Å². The van der Waals surface area contributed by atoms with Crippen molar-refractivity contribution >= 4 is 52.3 Å². The van der Waals surface area contributed by atoms with Crippen LogP contribution < -0.4 is 32.7 Å². The highest BCUT2D eigenvalue weighted by atomic mass is 16.4. The first kappa shape index (κ1) is 36.3.